The summed E-state index contributed by atoms with van der Waals surface area (Å²) in [5.41, 5.74) is 1.24. The largest absolute Gasteiger partial charge is 0.319 e. The first-order valence-corrected chi connectivity index (χ1v) is 6.51. The van der Waals surface area contributed by atoms with Gasteiger partial charge >= 0.3 is 0 Å². The van der Waals surface area contributed by atoms with E-state index in [1.54, 1.807) is 31.5 Å². The molecular formula is C14H10ClFN4O. The molecule has 7 heteroatoms. The average Bonchev–Trinajstić information content (AvgIpc) is 2.79. The molecule has 0 aliphatic heterocycles. The van der Waals surface area contributed by atoms with Crippen molar-refractivity contribution in [3.63, 3.8) is 0 Å². The predicted octanol–water partition coefficient (Wildman–Crippen LogP) is 3.08. The van der Waals surface area contributed by atoms with E-state index >= 15 is 0 Å². The van der Waals surface area contributed by atoms with Crippen LogP contribution in [0.1, 0.15) is 16.1 Å². The maximum atomic E-state index is 13.8. The van der Waals surface area contributed by atoms with E-state index in [0.29, 0.717) is 16.9 Å². The van der Waals surface area contributed by atoms with Crippen LogP contribution in [-0.4, -0.2) is 20.5 Å². The lowest BCUT2D eigenvalue weighted by atomic mass is 10.2. The van der Waals surface area contributed by atoms with Crippen LogP contribution in [0.4, 0.5) is 10.1 Å². The van der Waals surface area contributed by atoms with Gasteiger partial charge in [0.05, 0.1) is 16.4 Å². The van der Waals surface area contributed by atoms with Crippen LogP contribution in [-0.2, 0) is 0 Å². The minimum atomic E-state index is -0.672. The van der Waals surface area contributed by atoms with E-state index in [1.807, 2.05) is 0 Å². The molecule has 5 nitrogen and oxygen atoms in total. The van der Waals surface area contributed by atoms with E-state index in [4.69, 9.17) is 11.6 Å². The van der Waals surface area contributed by atoms with Crippen LogP contribution in [0, 0.1) is 12.7 Å². The summed E-state index contributed by atoms with van der Waals surface area (Å²) in [7, 11) is 0. The van der Waals surface area contributed by atoms with Crippen molar-refractivity contribution in [2.75, 3.05) is 5.32 Å². The molecule has 2 heterocycles. The van der Waals surface area contributed by atoms with Crippen LogP contribution in [0.3, 0.4) is 0 Å². The number of hydrogen-bond acceptors (Lipinski definition) is 3. The normalized spacial score (nSPS) is 10.8. The van der Waals surface area contributed by atoms with E-state index < -0.39 is 11.7 Å². The number of aryl methyl sites for hydroxylation is 1. The molecule has 0 atom stereocenters. The molecule has 1 aromatic carbocycles. The number of carbonyl (C=O) groups is 1. The van der Waals surface area contributed by atoms with Crippen molar-refractivity contribution in [1.29, 1.82) is 0 Å². The second-order valence-corrected chi connectivity index (χ2v) is 4.81. The molecule has 0 bridgehead atoms. The highest BCUT2D eigenvalue weighted by molar-refractivity contribution is 6.31. The summed E-state index contributed by atoms with van der Waals surface area (Å²) in [5, 5.41) is 6.63. The van der Waals surface area contributed by atoms with Gasteiger partial charge in [0.1, 0.15) is 5.56 Å². The first-order chi connectivity index (χ1) is 10.1. The van der Waals surface area contributed by atoms with Crippen LogP contribution in [0.25, 0.3) is 5.65 Å². The summed E-state index contributed by atoms with van der Waals surface area (Å²) in [6.07, 6.45) is 3.25. The average molecular weight is 305 g/mol. The number of aromatic nitrogens is 3. The van der Waals surface area contributed by atoms with Gasteiger partial charge in [0, 0.05) is 12.4 Å². The number of benzene rings is 1. The standard InChI is InChI=1S/C14H10ClFN4O/c1-8-11(13-17-6-3-7-20(13)19-8)14(21)18-10-5-2-4-9(15)12(10)16/h2-7H,1H3,(H,18,21). The second-order valence-electron chi connectivity index (χ2n) is 4.40. The molecule has 21 heavy (non-hydrogen) atoms. The lowest BCUT2D eigenvalue weighted by Crippen LogP contribution is -2.14. The Morgan fingerprint density at radius 2 is 2.19 bits per heavy atom. The highest BCUT2D eigenvalue weighted by Crippen LogP contribution is 2.23. The summed E-state index contributed by atoms with van der Waals surface area (Å²) in [6, 6.07) is 6.11. The number of halogens is 2. The van der Waals surface area contributed by atoms with Gasteiger partial charge in [-0.15, -0.1) is 0 Å². The zero-order valence-corrected chi connectivity index (χ0v) is 11.7. The molecular weight excluding hydrogens is 295 g/mol. The van der Waals surface area contributed by atoms with Crippen LogP contribution in [0.5, 0.6) is 0 Å². The number of fused-ring (bicyclic) bond motifs is 1. The summed E-state index contributed by atoms with van der Waals surface area (Å²) in [6.45, 7) is 1.69. The first-order valence-electron chi connectivity index (χ1n) is 6.13. The van der Waals surface area contributed by atoms with Crippen molar-refractivity contribution < 1.29 is 9.18 Å². The molecule has 0 unspecified atom stereocenters. The number of nitrogens with one attached hydrogen (secondary N) is 1. The number of carbonyl (C=O) groups excluding carboxylic acids is 1. The van der Waals surface area contributed by atoms with Gasteiger partial charge in [0.15, 0.2) is 11.5 Å². The van der Waals surface area contributed by atoms with Crippen LogP contribution in [0.2, 0.25) is 5.02 Å². The molecule has 0 spiro atoms. The molecule has 0 aliphatic rings. The van der Waals surface area contributed by atoms with Crippen LogP contribution >= 0.6 is 11.6 Å². The van der Waals surface area contributed by atoms with Gasteiger partial charge in [-0.25, -0.2) is 13.9 Å². The number of rotatable bonds is 2. The quantitative estimate of drug-likeness (QED) is 0.791. The fourth-order valence-electron chi connectivity index (χ4n) is 2.05. The van der Waals surface area contributed by atoms with Crippen molar-refractivity contribution in [3.05, 3.63) is 58.8 Å². The minimum Gasteiger partial charge on any atom is -0.319 e. The molecule has 0 saturated carbocycles. The number of nitrogens with zero attached hydrogens (tertiary/aromatic N) is 3. The maximum absolute atomic E-state index is 13.8. The Kier molecular flexibility index (Phi) is 3.31. The smallest absolute Gasteiger partial charge is 0.261 e. The molecule has 0 saturated heterocycles. The Morgan fingerprint density at radius 3 is 3.00 bits per heavy atom. The molecule has 3 rings (SSSR count). The van der Waals surface area contributed by atoms with Gasteiger partial charge in [-0.1, -0.05) is 17.7 Å². The van der Waals surface area contributed by atoms with Crippen LogP contribution in [0.15, 0.2) is 36.7 Å². The minimum absolute atomic E-state index is 0.0159. The van der Waals surface area contributed by atoms with Gasteiger partial charge in [0.2, 0.25) is 0 Å². The lowest BCUT2D eigenvalue weighted by Gasteiger charge is -2.06. The van der Waals surface area contributed by atoms with Crippen molar-refractivity contribution in [2.24, 2.45) is 0 Å². The number of hydrogen-bond donors (Lipinski definition) is 1. The van der Waals surface area contributed by atoms with Gasteiger partial charge in [-0.2, -0.15) is 5.10 Å². The van der Waals surface area contributed by atoms with E-state index in [1.165, 1.54) is 16.6 Å². The van der Waals surface area contributed by atoms with Crippen molar-refractivity contribution in [2.45, 2.75) is 6.92 Å². The SMILES string of the molecule is Cc1nn2cccnc2c1C(=O)Nc1cccc(Cl)c1F. The summed E-state index contributed by atoms with van der Waals surface area (Å²) in [5.74, 6) is -1.16. The van der Waals surface area contributed by atoms with Crippen LogP contribution < -0.4 is 5.32 Å². The molecule has 0 fully saturated rings. The molecule has 106 valence electrons. The zero-order chi connectivity index (χ0) is 15.0. The topological polar surface area (TPSA) is 59.3 Å². The van der Waals surface area contributed by atoms with Gasteiger partial charge < -0.3 is 5.32 Å². The van der Waals surface area contributed by atoms with Crippen molar-refractivity contribution in [3.8, 4) is 0 Å². The highest BCUT2D eigenvalue weighted by Gasteiger charge is 2.19. The fourth-order valence-corrected chi connectivity index (χ4v) is 2.22. The van der Waals surface area contributed by atoms with E-state index in [-0.39, 0.29) is 10.7 Å². The van der Waals surface area contributed by atoms with Crippen molar-refractivity contribution >= 4 is 28.8 Å². The van der Waals surface area contributed by atoms with Crippen molar-refractivity contribution in [1.82, 2.24) is 14.6 Å². The molecule has 2 aromatic heterocycles. The molecule has 3 aromatic rings. The Hall–Kier alpha value is -2.47. The lowest BCUT2D eigenvalue weighted by molar-refractivity contribution is 0.102. The summed E-state index contributed by atoms with van der Waals surface area (Å²) >= 11 is 5.69. The van der Waals surface area contributed by atoms with E-state index in [9.17, 15) is 9.18 Å². The highest BCUT2D eigenvalue weighted by atomic mass is 35.5. The Balaban J connectivity index is 2.01. The van der Waals surface area contributed by atoms with Gasteiger partial charge in [0.25, 0.3) is 5.91 Å². The summed E-state index contributed by atoms with van der Waals surface area (Å²) < 4.78 is 15.3. The third-order valence-electron chi connectivity index (χ3n) is 3.00. The Morgan fingerprint density at radius 1 is 1.38 bits per heavy atom. The molecule has 0 radical (unpaired) electrons. The monoisotopic (exact) mass is 304 g/mol. The number of amides is 1. The van der Waals surface area contributed by atoms with E-state index in [2.05, 4.69) is 15.4 Å². The van der Waals surface area contributed by atoms with E-state index in [0.717, 1.165) is 0 Å². The molecule has 0 aliphatic carbocycles. The third kappa shape index (κ3) is 2.34. The maximum Gasteiger partial charge on any atom is 0.261 e. The first kappa shape index (κ1) is 13.5. The van der Waals surface area contributed by atoms with Gasteiger partial charge in [-0.05, 0) is 25.1 Å². The zero-order valence-electron chi connectivity index (χ0n) is 11.0. The molecule has 1 amide bonds. The predicted molar refractivity (Wildman–Crippen MR) is 77.1 cm³/mol. The molecule has 1 N–H and O–H groups in total. The Labute approximate surface area is 124 Å². The van der Waals surface area contributed by atoms with Gasteiger partial charge in [-0.3, -0.25) is 4.79 Å². The Bertz CT molecular complexity index is 846. The summed E-state index contributed by atoms with van der Waals surface area (Å²) in [4.78, 5) is 16.5. The second kappa shape index (κ2) is 5.14. The fraction of sp³-hybridized carbons (Fsp3) is 0.0714. The third-order valence-corrected chi connectivity index (χ3v) is 3.29. The number of anilines is 1.